The van der Waals surface area contributed by atoms with Crippen molar-refractivity contribution in [3.05, 3.63) is 88.1 Å². The van der Waals surface area contributed by atoms with Gasteiger partial charge in [0.25, 0.3) is 0 Å². The molecule has 0 saturated heterocycles. The maximum absolute atomic E-state index is 13.3. The molecule has 0 bridgehead atoms. The summed E-state index contributed by atoms with van der Waals surface area (Å²) in [6.07, 6.45) is 2.04. The van der Waals surface area contributed by atoms with E-state index in [-0.39, 0.29) is 18.2 Å². The first-order valence-electron chi connectivity index (χ1n) is 9.86. The van der Waals surface area contributed by atoms with Crippen LogP contribution in [0.15, 0.2) is 71.2 Å². The number of nitrogens with two attached hydrogens (primary N) is 1. The Hall–Kier alpha value is -3.59. The van der Waals surface area contributed by atoms with E-state index in [2.05, 4.69) is 6.07 Å². The molecule has 0 fully saturated rings. The number of nitrogens with zero attached hydrogens (tertiary/aromatic N) is 2. The summed E-state index contributed by atoms with van der Waals surface area (Å²) in [6.45, 7) is 0.245. The van der Waals surface area contributed by atoms with E-state index in [9.17, 15) is 14.4 Å². The summed E-state index contributed by atoms with van der Waals surface area (Å²) in [5.41, 5.74) is 9.77. The van der Waals surface area contributed by atoms with Crippen LogP contribution < -0.4 is 10.5 Å². The van der Waals surface area contributed by atoms with E-state index < -0.39 is 5.92 Å². The van der Waals surface area contributed by atoms with E-state index in [0.717, 1.165) is 29.7 Å². The lowest BCUT2D eigenvalue weighted by molar-refractivity contribution is -0.116. The van der Waals surface area contributed by atoms with Crippen molar-refractivity contribution in [3.8, 4) is 11.8 Å². The molecule has 30 heavy (non-hydrogen) atoms. The number of rotatable bonds is 4. The molecule has 0 radical (unpaired) electrons. The number of hydrogen-bond acceptors (Lipinski definition) is 5. The van der Waals surface area contributed by atoms with Gasteiger partial charge in [0.05, 0.1) is 17.6 Å². The van der Waals surface area contributed by atoms with Gasteiger partial charge in [0.1, 0.15) is 24.0 Å². The molecule has 152 valence electrons. The zero-order valence-electron chi connectivity index (χ0n) is 16.7. The lowest BCUT2D eigenvalue weighted by atomic mass is 9.76. The second-order valence-corrected chi connectivity index (χ2v) is 7.53. The first-order valence-corrected chi connectivity index (χ1v) is 9.86. The SMILES string of the molecule is CN1C(N)=C(C#N)[C@H](c2ccc(OCc3cccc(F)c3)cc2)C2=C1CCCC2=O. The Kier molecular flexibility index (Phi) is 5.28. The Bertz CT molecular complexity index is 1100. The largest absolute Gasteiger partial charge is 0.489 e. The van der Waals surface area contributed by atoms with E-state index in [4.69, 9.17) is 10.5 Å². The zero-order valence-corrected chi connectivity index (χ0v) is 16.7. The summed E-state index contributed by atoms with van der Waals surface area (Å²) >= 11 is 0. The molecule has 5 nitrogen and oxygen atoms in total. The maximum Gasteiger partial charge on any atom is 0.161 e. The van der Waals surface area contributed by atoms with Crippen LogP contribution in [0.2, 0.25) is 0 Å². The minimum absolute atomic E-state index is 0.0692. The van der Waals surface area contributed by atoms with Crippen molar-refractivity contribution in [1.82, 2.24) is 4.90 Å². The molecule has 2 aromatic rings. The van der Waals surface area contributed by atoms with E-state index in [1.807, 2.05) is 12.1 Å². The average Bonchev–Trinajstić information content (AvgIpc) is 2.75. The Labute approximate surface area is 174 Å². The molecule has 2 aromatic carbocycles. The fraction of sp³-hybridized carbons (Fsp3) is 0.250. The number of nitriles is 1. The van der Waals surface area contributed by atoms with Crippen LogP contribution in [-0.2, 0) is 11.4 Å². The zero-order chi connectivity index (χ0) is 21.3. The van der Waals surface area contributed by atoms with Crippen LogP contribution in [0.3, 0.4) is 0 Å². The highest BCUT2D eigenvalue weighted by Gasteiger charge is 2.38. The predicted molar refractivity (Wildman–Crippen MR) is 110 cm³/mol. The highest BCUT2D eigenvalue weighted by molar-refractivity contribution is 5.99. The third-order valence-electron chi connectivity index (χ3n) is 5.68. The number of Topliss-reactive ketones (excluding diaryl/α,β-unsaturated/α-hetero) is 1. The number of ether oxygens (including phenoxy) is 1. The highest BCUT2D eigenvalue weighted by Crippen LogP contribution is 2.44. The van der Waals surface area contributed by atoms with Crippen LogP contribution in [0.1, 0.15) is 36.3 Å². The minimum Gasteiger partial charge on any atom is -0.489 e. The van der Waals surface area contributed by atoms with E-state index in [0.29, 0.717) is 29.1 Å². The first-order chi connectivity index (χ1) is 14.5. The summed E-state index contributed by atoms with van der Waals surface area (Å²) in [6, 6.07) is 15.8. The molecule has 0 aromatic heterocycles. The molecular weight excluding hydrogens is 381 g/mol. The van der Waals surface area contributed by atoms with E-state index >= 15 is 0 Å². The second-order valence-electron chi connectivity index (χ2n) is 7.53. The van der Waals surface area contributed by atoms with Crippen molar-refractivity contribution >= 4 is 5.78 Å². The Morgan fingerprint density at radius 1 is 1.23 bits per heavy atom. The fourth-order valence-corrected chi connectivity index (χ4v) is 4.15. The summed E-state index contributed by atoms with van der Waals surface area (Å²) in [4.78, 5) is 14.5. The standard InChI is InChI=1S/C24H22FN3O2/c1-28-20-6-3-7-21(29)23(20)22(19(13-26)24(28)27)16-8-10-18(11-9-16)30-14-15-4-2-5-17(25)12-15/h2,4-5,8-12,22H,3,6-7,14,27H2,1H3/t22-/m0/s1. The minimum atomic E-state index is -0.466. The van der Waals surface area contributed by atoms with Gasteiger partial charge in [-0.2, -0.15) is 5.26 Å². The molecule has 1 aliphatic carbocycles. The van der Waals surface area contributed by atoms with Gasteiger partial charge >= 0.3 is 0 Å². The Balaban J connectivity index is 1.62. The number of carbonyl (C=O) groups is 1. The van der Waals surface area contributed by atoms with Crippen molar-refractivity contribution in [2.75, 3.05) is 7.05 Å². The lowest BCUT2D eigenvalue weighted by Gasteiger charge is -2.37. The monoisotopic (exact) mass is 403 g/mol. The fourth-order valence-electron chi connectivity index (χ4n) is 4.15. The predicted octanol–water partition coefficient (Wildman–Crippen LogP) is 4.13. The maximum atomic E-state index is 13.3. The van der Waals surface area contributed by atoms with Crippen LogP contribution in [0.5, 0.6) is 5.75 Å². The van der Waals surface area contributed by atoms with Crippen LogP contribution in [0.4, 0.5) is 4.39 Å². The van der Waals surface area contributed by atoms with Crippen molar-refractivity contribution in [1.29, 1.82) is 5.26 Å². The van der Waals surface area contributed by atoms with Crippen molar-refractivity contribution < 1.29 is 13.9 Å². The van der Waals surface area contributed by atoms with Crippen molar-refractivity contribution in [2.45, 2.75) is 31.8 Å². The number of ketones is 1. The van der Waals surface area contributed by atoms with Gasteiger partial charge in [0, 0.05) is 24.7 Å². The van der Waals surface area contributed by atoms with E-state index in [1.165, 1.54) is 12.1 Å². The highest BCUT2D eigenvalue weighted by atomic mass is 19.1. The number of allylic oxidation sites excluding steroid dienone is 3. The average molecular weight is 403 g/mol. The molecular formula is C24H22FN3O2. The topological polar surface area (TPSA) is 79.3 Å². The van der Waals surface area contributed by atoms with Gasteiger partial charge in [-0.3, -0.25) is 4.79 Å². The molecule has 0 saturated carbocycles. The number of halogens is 1. The normalized spacial score (nSPS) is 18.9. The second kappa shape index (κ2) is 8.03. The van der Waals surface area contributed by atoms with Gasteiger partial charge in [-0.25, -0.2) is 4.39 Å². The molecule has 4 rings (SSSR count). The molecule has 0 unspecified atom stereocenters. The molecule has 1 heterocycles. The molecule has 1 aliphatic heterocycles. The van der Waals surface area contributed by atoms with Gasteiger partial charge in [-0.05, 0) is 48.2 Å². The van der Waals surface area contributed by atoms with Gasteiger partial charge in [-0.15, -0.1) is 0 Å². The summed E-state index contributed by atoms with van der Waals surface area (Å²) in [5, 5.41) is 9.77. The Morgan fingerprint density at radius 3 is 2.70 bits per heavy atom. The molecule has 2 N–H and O–H groups in total. The third kappa shape index (κ3) is 3.55. The molecule has 1 atom stereocenters. The first kappa shape index (κ1) is 19.7. The summed E-state index contributed by atoms with van der Waals surface area (Å²) < 4.78 is 19.1. The summed E-state index contributed by atoms with van der Waals surface area (Å²) in [7, 11) is 1.81. The number of carbonyl (C=O) groups excluding carboxylic acids is 1. The van der Waals surface area contributed by atoms with Gasteiger partial charge in [0.2, 0.25) is 0 Å². The lowest BCUT2D eigenvalue weighted by Crippen LogP contribution is -2.36. The number of benzene rings is 2. The smallest absolute Gasteiger partial charge is 0.161 e. The molecule has 2 aliphatic rings. The van der Waals surface area contributed by atoms with Gasteiger partial charge in [0.15, 0.2) is 5.78 Å². The van der Waals surface area contributed by atoms with Gasteiger partial charge < -0.3 is 15.4 Å². The molecule has 0 amide bonds. The van der Waals surface area contributed by atoms with Crippen LogP contribution in [-0.4, -0.2) is 17.7 Å². The molecule has 0 spiro atoms. The third-order valence-corrected chi connectivity index (χ3v) is 5.68. The Morgan fingerprint density at radius 2 is 2.00 bits per heavy atom. The van der Waals surface area contributed by atoms with Crippen molar-refractivity contribution in [2.24, 2.45) is 5.73 Å². The van der Waals surface area contributed by atoms with Crippen molar-refractivity contribution in [3.63, 3.8) is 0 Å². The summed E-state index contributed by atoms with van der Waals surface area (Å²) in [5.74, 6) is 0.312. The van der Waals surface area contributed by atoms with Crippen LogP contribution >= 0.6 is 0 Å². The number of hydrogen-bond donors (Lipinski definition) is 1. The van der Waals surface area contributed by atoms with E-state index in [1.54, 1.807) is 36.2 Å². The molecule has 6 heteroatoms. The van der Waals surface area contributed by atoms with Crippen LogP contribution in [0.25, 0.3) is 0 Å². The van der Waals surface area contributed by atoms with Crippen LogP contribution in [0, 0.1) is 17.1 Å². The quantitative estimate of drug-likeness (QED) is 0.830. The van der Waals surface area contributed by atoms with Gasteiger partial charge in [-0.1, -0.05) is 24.3 Å².